The van der Waals surface area contributed by atoms with Crippen molar-refractivity contribution in [2.75, 3.05) is 39.3 Å². The Hall–Kier alpha value is -2.22. The third-order valence-corrected chi connectivity index (χ3v) is 7.36. The normalized spacial score (nSPS) is 21.4. The molecule has 6 nitrogen and oxygen atoms in total. The second-order valence-electron chi connectivity index (χ2n) is 8.14. The van der Waals surface area contributed by atoms with E-state index in [2.05, 4.69) is 4.98 Å². The van der Waals surface area contributed by atoms with Crippen LogP contribution in [0.25, 0.3) is 10.2 Å². The Morgan fingerprint density at radius 3 is 2.69 bits per heavy atom. The predicted molar refractivity (Wildman–Crippen MR) is 114 cm³/mol. The van der Waals surface area contributed by atoms with Crippen LogP contribution < -0.4 is 20.1 Å². The highest BCUT2D eigenvalue weighted by atomic mass is 32.1. The number of aromatic nitrogens is 2. The van der Waals surface area contributed by atoms with Gasteiger partial charge in [-0.25, -0.2) is 4.98 Å². The quantitative estimate of drug-likeness (QED) is 0.527. The summed E-state index contributed by atoms with van der Waals surface area (Å²) in [6, 6.07) is 10.0. The fourth-order valence-electron chi connectivity index (χ4n) is 4.58. The van der Waals surface area contributed by atoms with Crippen LogP contribution in [0.3, 0.4) is 0 Å². The lowest BCUT2D eigenvalue weighted by Crippen LogP contribution is -3.27. The summed E-state index contributed by atoms with van der Waals surface area (Å²) in [6.45, 7) is 7.06. The second kappa shape index (κ2) is 8.26. The van der Waals surface area contributed by atoms with E-state index in [9.17, 15) is 4.79 Å². The van der Waals surface area contributed by atoms with Gasteiger partial charge in [-0.2, -0.15) is 0 Å². The number of nitrogens with zero attached hydrogens (tertiary/aromatic N) is 1. The van der Waals surface area contributed by atoms with Gasteiger partial charge >= 0.3 is 0 Å². The molecule has 1 saturated heterocycles. The Morgan fingerprint density at radius 1 is 1.07 bits per heavy atom. The van der Waals surface area contributed by atoms with E-state index in [1.54, 1.807) is 16.2 Å². The molecule has 5 rings (SSSR count). The van der Waals surface area contributed by atoms with Crippen LogP contribution in [-0.2, 0) is 19.4 Å². The van der Waals surface area contributed by atoms with Crippen LogP contribution in [0.5, 0.6) is 5.75 Å². The number of aryl methyl sites for hydroxylation is 2. The molecule has 0 radical (unpaired) electrons. The second-order valence-corrected chi connectivity index (χ2v) is 9.22. The zero-order valence-electron chi connectivity index (χ0n) is 16.6. The van der Waals surface area contributed by atoms with E-state index in [1.165, 1.54) is 21.8 Å². The number of aromatic amines is 1. The molecule has 7 heteroatoms. The number of ether oxygens (including phenoxy) is 1. The van der Waals surface area contributed by atoms with Crippen molar-refractivity contribution in [2.45, 2.75) is 25.8 Å². The largest absolute Gasteiger partial charge is 0.488 e. The number of para-hydroxylation sites is 1. The Kier molecular flexibility index (Phi) is 5.35. The molecule has 0 saturated carbocycles. The van der Waals surface area contributed by atoms with Gasteiger partial charge in [-0.05, 0) is 37.0 Å². The minimum absolute atomic E-state index is 0.0612. The van der Waals surface area contributed by atoms with Crippen LogP contribution in [0.15, 0.2) is 35.1 Å². The zero-order valence-corrected chi connectivity index (χ0v) is 17.4. The SMILES string of the molecule is O=c1[nH]c(C[NH+]2CC[NH+](CCOc3ccccc3)CC2)nc2sc3c(c12)CCC3. The monoisotopic (exact) mass is 412 g/mol. The molecule has 3 aromatic rings. The Balaban J connectivity index is 1.14. The van der Waals surface area contributed by atoms with Crippen molar-refractivity contribution in [3.05, 3.63) is 57.0 Å². The Labute approximate surface area is 174 Å². The van der Waals surface area contributed by atoms with Crippen molar-refractivity contribution in [1.29, 1.82) is 0 Å². The predicted octanol–water partition coefficient (Wildman–Crippen LogP) is -0.164. The number of piperazine rings is 1. The Morgan fingerprint density at radius 2 is 1.86 bits per heavy atom. The van der Waals surface area contributed by atoms with Crippen molar-refractivity contribution >= 4 is 21.6 Å². The summed E-state index contributed by atoms with van der Waals surface area (Å²) in [5, 5.41) is 0.855. The molecule has 1 aromatic carbocycles. The van der Waals surface area contributed by atoms with Crippen molar-refractivity contribution in [3.8, 4) is 5.75 Å². The maximum atomic E-state index is 12.6. The maximum absolute atomic E-state index is 12.6. The van der Waals surface area contributed by atoms with E-state index in [0.717, 1.165) is 80.5 Å². The molecule has 2 aliphatic rings. The molecule has 3 heterocycles. The summed E-state index contributed by atoms with van der Waals surface area (Å²) in [5.74, 6) is 1.79. The first-order chi connectivity index (χ1) is 14.3. The molecule has 0 bridgehead atoms. The van der Waals surface area contributed by atoms with Gasteiger partial charge in [0.15, 0.2) is 5.82 Å². The highest BCUT2D eigenvalue weighted by molar-refractivity contribution is 7.18. The average molecular weight is 413 g/mol. The minimum Gasteiger partial charge on any atom is -0.488 e. The van der Waals surface area contributed by atoms with Gasteiger partial charge in [0, 0.05) is 4.88 Å². The van der Waals surface area contributed by atoms with E-state index >= 15 is 0 Å². The van der Waals surface area contributed by atoms with E-state index in [1.807, 2.05) is 30.3 Å². The Bertz CT molecular complexity index is 1040. The number of fused-ring (bicyclic) bond motifs is 3. The fourth-order valence-corrected chi connectivity index (χ4v) is 5.86. The van der Waals surface area contributed by atoms with Gasteiger partial charge in [0.1, 0.15) is 56.5 Å². The van der Waals surface area contributed by atoms with Gasteiger partial charge in [-0.3, -0.25) is 4.79 Å². The number of H-pyrrole nitrogens is 1. The van der Waals surface area contributed by atoms with Crippen molar-refractivity contribution in [1.82, 2.24) is 9.97 Å². The molecular formula is C22H28N4O2S+2. The zero-order chi connectivity index (χ0) is 19.6. The van der Waals surface area contributed by atoms with Gasteiger partial charge in [0.2, 0.25) is 0 Å². The van der Waals surface area contributed by atoms with Gasteiger partial charge in [0.05, 0.1) is 5.39 Å². The van der Waals surface area contributed by atoms with E-state index < -0.39 is 0 Å². The molecule has 2 aromatic heterocycles. The molecular weight excluding hydrogens is 384 g/mol. The molecule has 152 valence electrons. The molecule has 0 atom stereocenters. The van der Waals surface area contributed by atoms with Crippen LogP contribution in [0.2, 0.25) is 0 Å². The number of thiophene rings is 1. The molecule has 0 amide bonds. The van der Waals surface area contributed by atoms with Crippen molar-refractivity contribution in [2.24, 2.45) is 0 Å². The minimum atomic E-state index is 0.0612. The number of nitrogens with one attached hydrogen (secondary N) is 3. The number of hydrogen-bond acceptors (Lipinski definition) is 4. The highest BCUT2D eigenvalue weighted by Crippen LogP contribution is 2.34. The third kappa shape index (κ3) is 4.08. The molecule has 1 aliphatic carbocycles. The fraction of sp³-hybridized carbons (Fsp3) is 0.455. The van der Waals surface area contributed by atoms with Crippen LogP contribution in [0.4, 0.5) is 0 Å². The number of benzene rings is 1. The summed E-state index contributed by atoms with van der Waals surface area (Å²) in [6.07, 6.45) is 3.31. The smallest absolute Gasteiger partial charge is 0.260 e. The van der Waals surface area contributed by atoms with Gasteiger partial charge in [-0.15, -0.1) is 11.3 Å². The first-order valence-electron chi connectivity index (χ1n) is 10.6. The first-order valence-corrected chi connectivity index (χ1v) is 11.5. The standard InChI is InChI=1S/C22H26N4O2S/c27-21-20-17-7-4-8-18(17)29-22(20)24-19(23-21)15-26-11-9-25(10-12-26)13-14-28-16-5-2-1-3-6-16/h1-3,5-6H,4,7-15H2,(H,23,24,27)/p+2. The van der Waals surface area contributed by atoms with Crippen LogP contribution in [0, 0.1) is 0 Å². The summed E-state index contributed by atoms with van der Waals surface area (Å²) in [4.78, 5) is 25.9. The average Bonchev–Trinajstić information content (AvgIpc) is 3.31. The molecule has 29 heavy (non-hydrogen) atoms. The van der Waals surface area contributed by atoms with Crippen LogP contribution in [0.1, 0.15) is 22.7 Å². The molecule has 1 fully saturated rings. The van der Waals surface area contributed by atoms with Crippen LogP contribution in [-0.4, -0.2) is 49.3 Å². The topological polar surface area (TPSA) is 63.9 Å². The summed E-state index contributed by atoms with van der Waals surface area (Å²) < 4.78 is 5.83. The summed E-state index contributed by atoms with van der Waals surface area (Å²) in [7, 11) is 0. The lowest BCUT2D eigenvalue weighted by Gasteiger charge is -2.29. The van der Waals surface area contributed by atoms with E-state index in [-0.39, 0.29) is 5.56 Å². The summed E-state index contributed by atoms with van der Waals surface area (Å²) in [5.41, 5.74) is 1.32. The van der Waals surface area contributed by atoms with Crippen molar-refractivity contribution in [3.63, 3.8) is 0 Å². The first kappa shape index (κ1) is 18.8. The van der Waals surface area contributed by atoms with Gasteiger partial charge in [-0.1, -0.05) is 18.2 Å². The number of rotatable bonds is 6. The van der Waals surface area contributed by atoms with Crippen LogP contribution >= 0.6 is 11.3 Å². The van der Waals surface area contributed by atoms with Gasteiger partial charge in [0.25, 0.3) is 5.56 Å². The van der Waals surface area contributed by atoms with Crippen molar-refractivity contribution < 1.29 is 14.5 Å². The molecule has 1 aliphatic heterocycles. The third-order valence-electron chi connectivity index (χ3n) is 6.17. The lowest BCUT2D eigenvalue weighted by atomic mass is 10.2. The molecule has 0 unspecified atom stereocenters. The van der Waals surface area contributed by atoms with E-state index in [0.29, 0.717) is 0 Å². The highest BCUT2D eigenvalue weighted by Gasteiger charge is 2.25. The number of quaternary nitrogens is 2. The molecule has 3 N–H and O–H groups in total. The maximum Gasteiger partial charge on any atom is 0.260 e. The van der Waals surface area contributed by atoms with Gasteiger partial charge < -0.3 is 19.5 Å². The lowest BCUT2D eigenvalue weighted by molar-refractivity contribution is -1.02. The number of hydrogen-bond donors (Lipinski definition) is 3. The summed E-state index contributed by atoms with van der Waals surface area (Å²) >= 11 is 1.73. The van der Waals surface area contributed by atoms with E-state index in [4.69, 9.17) is 9.72 Å². The molecule has 0 spiro atoms.